The molecule has 0 saturated carbocycles. The highest BCUT2D eigenvalue weighted by molar-refractivity contribution is 5.78. The lowest BCUT2D eigenvalue weighted by Crippen LogP contribution is -2.55. The fourth-order valence-electron chi connectivity index (χ4n) is 3.81. The molecule has 156 valence electrons. The van der Waals surface area contributed by atoms with E-state index in [1.54, 1.807) is 12.1 Å². The molecule has 1 amide bonds. The van der Waals surface area contributed by atoms with Gasteiger partial charge in [-0.15, -0.1) is 0 Å². The lowest BCUT2D eigenvalue weighted by atomic mass is 10.0. The third-order valence-corrected chi connectivity index (χ3v) is 5.53. The number of halogens is 1. The number of carbonyl (C=O) groups excluding carboxylic acids is 1. The molecule has 1 aromatic carbocycles. The second-order valence-corrected chi connectivity index (χ2v) is 7.55. The maximum atomic E-state index is 13.0. The Hall–Kier alpha value is -2.52. The second-order valence-electron chi connectivity index (χ2n) is 7.55. The van der Waals surface area contributed by atoms with Crippen LogP contribution in [0.2, 0.25) is 0 Å². The predicted molar refractivity (Wildman–Crippen MR) is 101 cm³/mol. The average Bonchev–Trinajstić information content (AvgIpc) is 3.14. The fraction of sp³-hybridized carbons (Fsp3) is 0.550. The van der Waals surface area contributed by atoms with Gasteiger partial charge in [-0.1, -0.05) is 10.3 Å². The quantitative estimate of drug-likeness (QED) is 0.726. The molecule has 0 N–H and O–H groups in total. The summed E-state index contributed by atoms with van der Waals surface area (Å²) in [4.78, 5) is 16.6. The van der Waals surface area contributed by atoms with Crippen LogP contribution in [0.3, 0.4) is 0 Å². The molecule has 1 atom stereocenters. The van der Waals surface area contributed by atoms with E-state index < -0.39 is 0 Å². The molecule has 0 bridgehead atoms. The van der Waals surface area contributed by atoms with Crippen LogP contribution in [0.25, 0.3) is 0 Å². The Bertz CT molecular complexity index is 820. The third-order valence-electron chi connectivity index (χ3n) is 5.53. The van der Waals surface area contributed by atoms with Crippen LogP contribution in [0.5, 0.6) is 5.75 Å². The molecule has 0 aliphatic carbocycles. The molecule has 0 spiro atoms. The molecule has 2 fully saturated rings. The first kappa shape index (κ1) is 19.8. The normalized spacial score (nSPS) is 21.5. The minimum Gasteiger partial charge on any atom is -0.491 e. The molecule has 9 heteroatoms. The van der Waals surface area contributed by atoms with Crippen molar-refractivity contribution >= 4 is 5.91 Å². The Morgan fingerprint density at radius 2 is 1.97 bits per heavy atom. The highest BCUT2D eigenvalue weighted by Gasteiger charge is 2.34. The zero-order chi connectivity index (χ0) is 20.2. The third kappa shape index (κ3) is 4.91. The van der Waals surface area contributed by atoms with Gasteiger partial charge in [0.25, 0.3) is 0 Å². The zero-order valence-electron chi connectivity index (χ0n) is 16.4. The molecule has 3 heterocycles. The molecular weight excluding hydrogens is 379 g/mol. The summed E-state index contributed by atoms with van der Waals surface area (Å²) >= 11 is 0. The number of aromatic nitrogens is 2. The number of piperidine rings is 1. The maximum absolute atomic E-state index is 13.0. The Morgan fingerprint density at radius 3 is 2.66 bits per heavy atom. The van der Waals surface area contributed by atoms with Gasteiger partial charge in [0, 0.05) is 25.7 Å². The van der Waals surface area contributed by atoms with Gasteiger partial charge in [0.15, 0.2) is 0 Å². The summed E-state index contributed by atoms with van der Waals surface area (Å²) in [5.41, 5.74) is 1.68. The number of morpholine rings is 1. The van der Waals surface area contributed by atoms with Crippen LogP contribution in [0, 0.1) is 12.7 Å². The van der Waals surface area contributed by atoms with Gasteiger partial charge in [-0.05, 0) is 44.0 Å². The van der Waals surface area contributed by atoms with Crippen LogP contribution in [-0.2, 0) is 16.1 Å². The Labute approximate surface area is 168 Å². The van der Waals surface area contributed by atoms with Gasteiger partial charge >= 0.3 is 0 Å². The summed E-state index contributed by atoms with van der Waals surface area (Å²) in [6.45, 7) is 5.29. The van der Waals surface area contributed by atoms with E-state index in [1.807, 2.05) is 11.8 Å². The fourth-order valence-corrected chi connectivity index (χ4v) is 3.81. The van der Waals surface area contributed by atoms with Crippen molar-refractivity contribution in [3.05, 3.63) is 41.5 Å². The lowest BCUT2D eigenvalue weighted by molar-refractivity contribution is -0.155. The number of likely N-dealkylation sites (tertiary alicyclic amines) is 1. The minimum absolute atomic E-state index is 0.0260. The highest BCUT2D eigenvalue weighted by Crippen LogP contribution is 2.22. The summed E-state index contributed by atoms with van der Waals surface area (Å²) in [6.07, 6.45) is 1.61. The minimum atomic E-state index is -0.302. The van der Waals surface area contributed by atoms with E-state index >= 15 is 0 Å². The molecule has 0 unspecified atom stereocenters. The standard InChI is InChI=1S/C20H25FN4O4/c1-14-19(23-29-22-14)11-24-8-6-16(7-9-24)25-10-18(28-13-20(25)26)12-27-17-4-2-15(21)3-5-17/h2-5,16,18H,6-13H2,1H3/t18-/m0/s1. The number of carbonyl (C=O) groups is 1. The van der Waals surface area contributed by atoms with Gasteiger partial charge in [-0.3, -0.25) is 9.69 Å². The number of ether oxygens (including phenoxy) is 2. The SMILES string of the molecule is Cc1nonc1CN1CCC(N2C[C@@H](COc3ccc(F)cc3)OCC2=O)CC1. The summed E-state index contributed by atoms with van der Waals surface area (Å²) in [6, 6.07) is 6.09. The first-order chi connectivity index (χ1) is 14.1. The largest absolute Gasteiger partial charge is 0.491 e. The van der Waals surface area contributed by atoms with Gasteiger partial charge in [0.05, 0.1) is 6.54 Å². The smallest absolute Gasteiger partial charge is 0.248 e. The summed E-state index contributed by atoms with van der Waals surface area (Å²) in [7, 11) is 0. The van der Waals surface area contributed by atoms with Crippen LogP contribution in [-0.4, -0.2) is 71.0 Å². The van der Waals surface area contributed by atoms with E-state index in [1.165, 1.54) is 12.1 Å². The molecule has 0 radical (unpaired) electrons. The number of nitrogens with zero attached hydrogens (tertiary/aromatic N) is 4. The lowest BCUT2D eigenvalue weighted by Gasteiger charge is -2.42. The maximum Gasteiger partial charge on any atom is 0.248 e. The van der Waals surface area contributed by atoms with E-state index in [9.17, 15) is 9.18 Å². The monoisotopic (exact) mass is 404 g/mol. The van der Waals surface area contributed by atoms with Crippen molar-refractivity contribution in [2.24, 2.45) is 0 Å². The molecule has 2 aliphatic rings. The van der Waals surface area contributed by atoms with Crippen molar-refractivity contribution in [2.45, 2.75) is 38.5 Å². The van der Waals surface area contributed by atoms with Gasteiger partial charge in [-0.25, -0.2) is 9.02 Å². The van der Waals surface area contributed by atoms with Crippen molar-refractivity contribution in [1.29, 1.82) is 0 Å². The number of rotatable bonds is 6. The Balaban J connectivity index is 1.27. The number of hydrogen-bond acceptors (Lipinski definition) is 7. The average molecular weight is 404 g/mol. The Kier molecular flexibility index (Phi) is 6.05. The molecule has 29 heavy (non-hydrogen) atoms. The number of benzene rings is 1. The molecule has 2 aromatic rings. The van der Waals surface area contributed by atoms with Crippen LogP contribution >= 0.6 is 0 Å². The van der Waals surface area contributed by atoms with Crippen LogP contribution in [0.1, 0.15) is 24.2 Å². The predicted octanol–water partition coefficient (Wildman–Crippen LogP) is 1.79. The molecule has 1 aromatic heterocycles. The summed E-state index contributed by atoms with van der Waals surface area (Å²) < 4.78 is 29.1. The first-order valence-corrected chi connectivity index (χ1v) is 9.88. The molecule has 2 aliphatic heterocycles. The van der Waals surface area contributed by atoms with Gasteiger partial charge < -0.3 is 14.4 Å². The van der Waals surface area contributed by atoms with Gasteiger partial charge in [-0.2, -0.15) is 0 Å². The van der Waals surface area contributed by atoms with Crippen molar-refractivity contribution in [2.75, 3.05) is 32.8 Å². The van der Waals surface area contributed by atoms with Crippen molar-refractivity contribution in [3.63, 3.8) is 0 Å². The van der Waals surface area contributed by atoms with E-state index in [2.05, 4.69) is 15.2 Å². The number of amides is 1. The van der Waals surface area contributed by atoms with Crippen molar-refractivity contribution < 1.29 is 23.3 Å². The Morgan fingerprint density at radius 1 is 1.21 bits per heavy atom. The van der Waals surface area contributed by atoms with E-state index in [0.29, 0.717) is 25.4 Å². The zero-order valence-corrected chi connectivity index (χ0v) is 16.4. The van der Waals surface area contributed by atoms with E-state index in [4.69, 9.17) is 14.1 Å². The molecule has 4 rings (SSSR count). The molecular formula is C20H25FN4O4. The topological polar surface area (TPSA) is 80.9 Å². The van der Waals surface area contributed by atoms with E-state index in [0.717, 1.165) is 37.3 Å². The molecule has 2 saturated heterocycles. The number of aryl methyl sites for hydroxylation is 1. The second kappa shape index (κ2) is 8.87. The van der Waals surface area contributed by atoms with Gasteiger partial charge in [0.2, 0.25) is 5.91 Å². The number of hydrogen-bond donors (Lipinski definition) is 0. The van der Waals surface area contributed by atoms with Crippen LogP contribution in [0.4, 0.5) is 4.39 Å². The van der Waals surface area contributed by atoms with Crippen molar-refractivity contribution in [3.8, 4) is 5.75 Å². The van der Waals surface area contributed by atoms with Gasteiger partial charge in [0.1, 0.15) is 42.3 Å². The first-order valence-electron chi connectivity index (χ1n) is 9.88. The summed E-state index contributed by atoms with van der Waals surface area (Å²) in [5, 5.41) is 7.77. The molecule has 8 nitrogen and oxygen atoms in total. The van der Waals surface area contributed by atoms with Crippen molar-refractivity contribution in [1.82, 2.24) is 20.1 Å². The van der Waals surface area contributed by atoms with E-state index in [-0.39, 0.29) is 30.5 Å². The summed E-state index contributed by atoms with van der Waals surface area (Å²) in [5.74, 6) is 0.312. The van der Waals surface area contributed by atoms with Crippen LogP contribution in [0.15, 0.2) is 28.9 Å². The van der Waals surface area contributed by atoms with Crippen LogP contribution < -0.4 is 4.74 Å². The highest BCUT2D eigenvalue weighted by atomic mass is 19.1.